The summed E-state index contributed by atoms with van der Waals surface area (Å²) in [4.78, 5) is 0.308. The predicted octanol–water partition coefficient (Wildman–Crippen LogP) is 1.89. The van der Waals surface area contributed by atoms with E-state index in [1.54, 1.807) is 12.1 Å². The minimum absolute atomic E-state index is 0.308. The van der Waals surface area contributed by atoms with Crippen LogP contribution in [-0.2, 0) is 27.9 Å². The van der Waals surface area contributed by atoms with E-state index in [0.717, 1.165) is 11.4 Å². The van der Waals surface area contributed by atoms with Crippen LogP contribution < -0.4 is 0 Å². The first kappa shape index (κ1) is 17.1. The molecule has 3 rings (SSSR count). The van der Waals surface area contributed by atoms with Crippen LogP contribution in [-0.4, -0.2) is 40.6 Å². The lowest BCUT2D eigenvalue weighted by molar-refractivity contribution is 0.123. The van der Waals surface area contributed by atoms with Crippen molar-refractivity contribution < 1.29 is 13.2 Å². The van der Waals surface area contributed by atoms with Gasteiger partial charge in [0.15, 0.2) is 11.6 Å². The van der Waals surface area contributed by atoms with E-state index in [1.165, 1.54) is 4.31 Å². The lowest BCUT2D eigenvalue weighted by atomic mass is 10.2. The Labute approximate surface area is 142 Å². The quantitative estimate of drug-likeness (QED) is 0.823. The standard InChI is InChI=1S/C16H22N4O3S/c1-4-23-11-15-17-18-16-13(3)20(10-9-19(15)16)24(21,22)14-7-5-12(2)6-8-14/h5-8,13H,4,9-11H2,1-3H3. The smallest absolute Gasteiger partial charge is 0.243 e. The highest BCUT2D eigenvalue weighted by Crippen LogP contribution is 2.30. The largest absolute Gasteiger partial charge is 0.374 e. The van der Waals surface area contributed by atoms with Gasteiger partial charge >= 0.3 is 0 Å². The van der Waals surface area contributed by atoms with E-state index in [0.29, 0.717) is 37.0 Å². The fraction of sp³-hybridized carbons (Fsp3) is 0.500. The highest BCUT2D eigenvalue weighted by Gasteiger charge is 2.36. The molecule has 0 saturated carbocycles. The minimum Gasteiger partial charge on any atom is -0.374 e. The van der Waals surface area contributed by atoms with Crippen molar-refractivity contribution in [3.8, 4) is 0 Å². The molecule has 0 aliphatic carbocycles. The minimum atomic E-state index is -3.56. The Morgan fingerprint density at radius 1 is 1.21 bits per heavy atom. The monoisotopic (exact) mass is 350 g/mol. The normalized spacial score (nSPS) is 18.5. The fourth-order valence-corrected chi connectivity index (χ4v) is 4.48. The van der Waals surface area contributed by atoms with E-state index < -0.39 is 10.0 Å². The summed E-state index contributed by atoms with van der Waals surface area (Å²) in [6, 6.07) is 6.55. The first-order valence-electron chi connectivity index (χ1n) is 8.03. The van der Waals surface area contributed by atoms with E-state index >= 15 is 0 Å². The first-order valence-corrected chi connectivity index (χ1v) is 9.47. The van der Waals surface area contributed by atoms with Crippen molar-refractivity contribution in [2.45, 2.75) is 44.9 Å². The molecule has 1 aromatic heterocycles. The van der Waals surface area contributed by atoms with Crippen molar-refractivity contribution in [1.29, 1.82) is 0 Å². The Morgan fingerprint density at radius 3 is 2.58 bits per heavy atom. The molecule has 0 radical (unpaired) electrons. The van der Waals surface area contributed by atoms with E-state index in [1.807, 2.05) is 37.5 Å². The van der Waals surface area contributed by atoms with Crippen molar-refractivity contribution >= 4 is 10.0 Å². The van der Waals surface area contributed by atoms with Gasteiger partial charge in [0.05, 0.1) is 10.9 Å². The van der Waals surface area contributed by atoms with Gasteiger partial charge in [-0.15, -0.1) is 10.2 Å². The zero-order valence-electron chi connectivity index (χ0n) is 14.1. The van der Waals surface area contributed by atoms with Gasteiger partial charge in [0.1, 0.15) is 6.61 Å². The second-order valence-corrected chi connectivity index (χ2v) is 7.76. The van der Waals surface area contributed by atoms with Crippen LogP contribution in [0.3, 0.4) is 0 Å². The molecule has 2 aromatic rings. The molecule has 1 aromatic carbocycles. The molecule has 0 fully saturated rings. The van der Waals surface area contributed by atoms with Crippen LogP contribution in [0.2, 0.25) is 0 Å². The number of aryl methyl sites for hydroxylation is 1. The number of aromatic nitrogens is 3. The number of fused-ring (bicyclic) bond motifs is 1. The highest BCUT2D eigenvalue weighted by atomic mass is 32.2. The number of sulfonamides is 1. The maximum atomic E-state index is 12.9. The molecule has 1 atom stereocenters. The Bertz CT molecular complexity index is 814. The maximum Gasteiger partial charge on any atom is 0.243 e. The molecule has 0 bridgehead atoms. The molecule has 1 aliphatic rings. The van der Waals surface area contributed by atoms with Crippen LogP contribution in [0.25, 0.3) is 0 Å². The summed E-state index contributed by atoms with van der Waals surface area (Å²) in [7, 11) is -3.56. The predicted molar refractivity (Wildman–Crippen MR) is 88.8 cm³/mol. The van der Waals surface area contributed by atoms with Gasteiger partial charge in [-0.3, -0.25) is 0 Å². The number of rotatable bonds is 5. The average Bonchev–Trinajstić information content (AvgIpc) is 2.97. The lowest BCUT2D eigenvalue weighted by Gasteiger charge is -2.32. The van der Waals surface area contributed by atoms with Crippen LogP contribution in [0, 0.1) is 6.92 Å². The molecule has 1 aliphatic heterocycles. The number of hydrogen-bond donors (Lipinski definition) is 0. The van der Waals surface area contributed by atoms with Gasteiger partial charge in [-0.1, -0.05) is 17.7 Å². The molecule has 130 valence electrons. The van der Waals surface area contributed by atoms with Crippen molar-refractivity contribution in [1.82, 2.24) is 19.1 Å². The highest BCUT2D eigenvalue weighted by molar-refractivity contribution is 7.89. The van der Waals surface area contributed by atoms with E-state index in [-0.39, 0.29) is 6.04 Å². The number of benzene rings is 1. The third-order valence-electron chi connectivity index (χ3n) is 4.27. The SMILES string of the molecule is CCOCc1nnc2n1CCN(S(=O)(=O)c1ccc(C)cc1)C2C. The molecular formula is C16H22N4O3S. The molecule has 0 spiro atoms. The van der Waals surface area contributed by atoms with Gasteiger partial charge in [0, 0.05) is 19.7 Å². The van der Waals surface area contributed by atoms with Crippen molar-refractivity contribution in [2.24, 2.45) is 0 Å². The van der Waals surface area contributed by atoms with Crippen LogP contribution >= 0.6 is 0 Å². The Hall–Kier alpha value is -1.77. The van der Waals surface area contributed by atoms with Gasteiger partial charge in [-0.25, -0.2) is 8.42 Å². The van der Waals surface area contributed by atoms with Crippen molar-refractivity contribution in [3.05, 3.63) is 41.5 Å². The molecule has 1 unspecified atom stereocenters. The number of hydrogen-bond acceptors (Lipinski definition) is 5. The molecule has 0 saturated heterocycles. The molecule has 7 nitrogen and oxygen atoms in total. The summed E-state index contributed by atoms with van der Waals surface area (Å²) >= 11 is 0. The second-order valence-electron chi connectivity index (χ2n) is 5.87. The fourth-order valence-electron chi connectivity index (χ4n) is 2.90. The summed E-state index contributed by atoms with van der Waals surface area (Å²) in [5, 5.41) is 8.34. The zero-order valence-corrected chi connectivity index (χ0v) is 15.0. The third-order valence-corrected chi connectivity index (χ3v) is 6.25. The van der Waals surface area contributed by atoms with Crippen LogP contribution in [0.1, 0.15) is 37.1 Å². The van der Waals surface area contributed by atoms with Crippen molar-refractivity contribution in [3.63, 3.8) is 0 Å². The first-order chi connectivity index (χ1) is 11.4. The maximum absolute atomic E-state index is 12.9. The van der Waals surface area contributed by atoms with E-state index in [9.17, 15) is 8.42 Å². The van der Waals surface area contributed by atoms with Gasteiger partial charge in [-0.05, 0) is 32.9 Å². The second kappa shape index (κ2) is 6.62. The molecule has 0 N–H and O–H groups in total. The molecule has 8 heteroatoms. The van der Waals surface area contributed by atoms with Crippen LogP contribution in [0.5, 0.6) is 0 Å². The number of nitrogens with zero attached hydrogens (tertiary/aromatic N) is 4. The Balaban J connectivity index is 1.89. The summed E-state index contributed by atoms with van der Waals surface area (Å²) in [6.45, 7) is 7.61. The van der Waals surface area contributed by atoms with Gasteiger partial charge in [0.25, 0.3) is 0 Å². The zero-order chi connectivity index (χ0) is 17.3. The Morgan fingerprint density at radius 2 is 1.92 bits per heavy atom. The number of ether oxygens (including phenoxy) is 1. The van der Waals surface area contributed by atoms with Gasteiger partial charge < -0.3 is 9.30 Å². The molecular weight excluding hydrogens is 328 g/mol. The van der Waals surface area contributed by atoms with Gasteiger partial charge in [-0.2, -0.15) is 4.31 Å². The average molecular weight is 350 g/mol. The van der Waals surface area contributed by atoms with Crippen LogP contribution in [0.15, 0.2) is 29.2 Å². The topological polar surface area (TPSA) is 77.3 Å². The Kier molecular flexibility index (Phi) is 4.71. The summed E-state index contributed by atoms with van der Waals surface area (Å²) < 4.78 is 34.7. The lowest BCUT2D eigenvalue weighted by Crippen LogP contribution is -2.41. The summed E-state index contributed by atoms with van der Waals surface area (Å²) in [5.41, 5.74) is 1.03. The summed E-state index contributed by atoms with van der Waals surface area (Å²) in [6.07, 6.45) is 0. The van der Waals surface area contributed by atoms with Crippen molar-refractivity contribution in [2.75, 3.05) is 13.2 Å². The van der Waals surface area contributed by atoms with E-state index in [2.05, 4.69) is 10.2 Å². The molecule has 0 amide bonds. The summed E-state index contributed by atoms with van der Waals surface area (Å²) in [5.74, 6) is 1.40. The van der Waals surface area contributed by atoms with Crippen LogP contribution in [0.4, 0.5) is 0 Å². The van der Waals surface area contributed by atoms with E-state index in [4.69, 9.17) is 4.74 Å². The van der Waals surface area contributed by atoms with Gasteiger partial charge in [0.2, 0.25) is 10.0 Å². The molecule has 24 heavy (non-hydrogen) atoms. The molecule has 2 heterocycles. The third kappa shape index (κ3) is 2.97.